The average Bonchev–Trinajstić information content (AvgIpc) is 2.57. The second-order valence-electron chi connectivity index (χ2n) is 5.35. The fraction of sp³-hybridized carbons (Fsp3) is 0.368. The molecule has 1 aliphatic rings. The molecular formula is C19H23N3. The van der Waals surface area contributed by atoms with Crippen molar-refractivity contribution in [2.45, 2.75) is 33.6 Å². The summed E-state index contributed by atoms with van der Waals surface area (Å²) in [6, 6.07) is 10.5. The highest BCUT2D eigenvalue weighted by Gasteiger charge is 2.17. The third-order valence-electron chi connectivity index (χ3n) is 3.91. The standard InChI is InChI=1S/C17H17N3.C2H6/c1-12-5-6-14(11-19-12)16-8-13-4-3-7-20(2)17(13)9-15(16)10-18;1-2/h5-6,8-9,11H,3-4,7H2,1-2H3;1-2H3. The Morgan fingerprint density at radius 2 is 2.00 bits per heavy atom. The number of hydrogen-bond acceptors (Lipinski definition) is 3. The third-order valence-corrected chi connectivity index (χ3v) is 3.91. The summed E-state index contributed by atoms with van der Waals surface area (Å²) in [5.41, 5.74) is 6.25. The summed E-state index contributed by atoms with van der Waals surface area (Å²) in [6.07, 6.45) is 4.10. The number of rotatable bonds is 1. The van der Waals surface area contributed by atoms with E-state index < -0.39 is 0 Å². The van der Waals surface area contributed by atoms with Crippen molar-refractivity contribution in [3.63, 3.8) is 0 Å². The van der Waals surface area contributed by atoms with Crippen LogP contribution >= 0.6 is 0 Å². The molecule has 0 fully saturated rings. The van der Waals surface area contributed by atoms with Crippen molar-refractivity contribution in [1.82, 2.24) is 4.98 Å². The van der Waals surface area contributed by atoms with Crippen LogP contribution in [-0.4, -0.2) is 18.6 Å². The number of hydrogen-bond donors (Lipinski definition) is 0. The van der Waals surface area contributed by atoms with Crippen molar-refractivity contribution >= 4 is 5.69 Å². The Morgan fingerprint density at radius 1 is 1.23 bits per heavy atom. The predicted molar refractivity (Wildman–Crippen MR) is 92.1 cm³/mol. The van der Waals surface area contributed by atoms with E-state index in [0.29, 0.717) is 0 Å². The van der Waals surface area contributed by atoms with Gasteiger partial charge in [0.25, 0.3) is 0 Å². The van der Waals surface area contributed by atoms with E-state index >= 15 is 0 Å². The Hall–Kier alpha value is -2.34. The van der Waals surface area contributed by atoms with Gasteiger partial charge in [0.1, 0.15) is 0 Å². The lowest BCUT2D eigenvalue weighted by atomic mass is 9.93. The minimum absolute atomic E-state index is 0.725. The van der Waals surface area contributed by atoms with Gasteiger partial charge in [-0.25, -0.2) is 0 Å². The summed E-state index contributed by atoms with van der Waals surface area (Å²) in [4.78, 5) is 6.57. The van der Waals surface area contributed by atoms with Crippen LogP contribution in [0.3, 0.4) is 0 Å². The Balaban J connectivity index is 0.000000847. The normalized spacial score (nSPS) is 12.8. The number of nitriles is 1. The SMILES string of the molecule is CC.Cc1ccc(-c2cc3c(cc2C#N)N(C)CCC3)cn1. The van der Waals surface area contributed by atoms with Gasteiger partial charge in [0, 0.05) is 42.3 Å². The van der Waals surface area contributed by atoms with Crippen LogP contribution < -0.4 is 4.90 Å². The van der Waals surface area contributed by atoms with Crippen molar-refractivity contribution in [2.75, 3.05) is 18.5 Å². The maximum atomic E-state index is 9.43. The largest absolute Gasteiger partial charge is 0.374 e. The van der Waals surface area contributed by atoms with Crippen LogP contribution in [0.25, 0.3) is 11.1 Å². The monoisotopic (exact) mass is 293 g/mol. The molecule has 0 amide bonds. The molecule has 22 heavy (non-hydrogen) atoms. The minimum Gasteiger partial charge on any atom is -0.374 e. The maximum Gasteiger partial charge on any atom is 0.0998 e. The molecule has 3 rings (SSSR count). The lowest BCUT2D eigenvalue weighted by Crippen LogP contribution is -2.24. The van der Waals surface area contributed by atoms with Crippen molar-refractivity contribution in [3.05, 3.63) is 47.3 Å². The molecule has 0 saturated heterocycles. The lowest BCUT2D eigenvalue weighted by Gasteiger charge is -2.28. The highest BCUT2D eigenvalue weighted by molar-refractivity contribution is 5.75. The molecular weight excluding hydrogens is 270 g/mol. The van der Waals surface area contributed by atoms with E-state index in [9.17, 15) is 5.26 Å². The fourth-order valence-corrected chi connectivity index (χ4v) is 2.77. The van der Waals surface area contributed by atoms with Gasteiger partial charge in [-0.1, -0.05) is 19.9 Å². The van der Waals surface area contributed by atoms with Gasteiger partial charge in [-0.15, -0.1) is 0 Å². The number of aryl methyl sites for hydroxylation is 2. The first-order chi connectivity index (χ1) is 10.7. The molecule has 0 saturated carbocycles. The fourth-order valence-electron chi connectivity index (χ4n) is 2.77. The van der Waals surface area contributed by atoms with E-state index in [1.807, 2.05) is 45.2 Å². The molecule has 3 nitrogen and oxygen atoms in total. The molecule has 2 heterocycles. The predicted octanol–water partition coefficient (Wildman–Crippen LogP) is 4.34. The van der Waals surface area contributed by atoms with E-state index in [0.717, 1.165) is 35.3 Å². The highest BCUT2D eigenvalue weighted by atomic mass is 15.1. The maximum absolute atomic E-state index is 9.43. The van der Waals surface area contributed by atoms with E-state index in [-0.39, 0.29) is 0 Å². The summed E-state index contributed by atoms with van der Waals surface area (Å²) in [5, 5.41) is 9.43. The number of fused-ring (bicyclic) bond motifs is 1. The average molecular weight is 293 g/mol. The second-order valence-corrected chi connectivity index (χ2v) is 5.35. The minimum atomic E-state index is 0.725. The van der Waals surface area contributed by atoms with E-state index in [2.05, 4.69) is 29.1 Å². The summed E-state index contributed by atoms with van der Waals surface area (Å²) >= 11 is 0. The van der Waals surface area contributed by atoms with Crippen molar-refractivity contribution in [3.8, 4) is 17.2 Å². The summed E-state index contributed by atoms with van der Waals surface area (Å²) in [5.74, 6) is 0. The third kappa shape index (κ3) is 3.12. The Kier molecular flexibility index (Phi) is 5.16. The Bertz CT molecular complexity index is 681. The zero-order valence-corrected chi connectivity index (χ0v) is 13.8. The van der Waals surface area contributed by atoms with Crippen LogP contribution in [0, 0.1) is 18.3 Å². The van der Waals surface area contributed by atoms with E-state index in [1.54, 1.807) is 0 Å². The number of benzene rings is 1. The van der Waals surface area contributed by atoms with Crippen molar-refractivity contribution < 1.29 is 0 Å². The van der Waals surface area contributed by atoms with Gasteiger partial charge in [-0.2, -0.15) is 5.26 Å². The lowest BCUT2D eigenvalue weighted by molar-refractivity contribution is 0.744. The molecule has 114 valence electrons. The van der Waals surface area contributed by atoms with Crippen LogP contribution in [0.5, 0.6) is 0 Å². The molecule has 1 aliphatic heterocycles. The first kappa shape index (κ1) is 16.0. The van der Waals surface area contributed by atoms with Gasteiger partial charge >= 0.3 is 0 Å². The Labute approximate surface area is 133 Å². The first-order valence-electron chi connectivity index (χ1n) is 7.90. The highest BCUT2D eigenvalue weighted by Crippen LogP contribution is 2.33. The molecule has 0 unspecified atom stereocenters. The van der Waals surface area contributed by atoms with Crippen LogP contribution in [-0.2, 0) is 6.42 Å². The Morgan fingerprint density at radius 3 is 2.64 bits per heavy atom. The smallest absolute Gasteiger partial charge is 0.0998 e. The zero-order valence-electron chi connectivity index (χ0n) is 13.8. The molecule has 3 heteroatoms. The van der Waals surface area contributed by atoms with Gasteiger partial charge in [0.05, 0.1) is 11.6 Å². The van der Waals surface area contributed by atoms with Gasteiger partial charge < -0.3 is 4.90 Å². The van der Waals surface area contributed by atoms with E-state index in [1.165, 1.54) is 17.7 Å². The van der Waals surface area contributed by atoms with Gasteiger partial charge in [-0.3, -0.25) is 4.98 Å². The number of pyridine rings is 1. The molecule has 2 aromatic rings. The van der Waals surface area contributed by atoms with Crippen LogP contribution in [0.2, 0.25) is 0 Å². The zero-order chi connectivity index (χ0) is 16.1. The summed E-state index contributed by atoms with van der Waals surface area (Å²) in [7, 11) is 2.09. The van der Waals surface area contributed by atoms with Crippen LogP contribution in [0.15, 0.2) is 30.5 Å². The van der Waals surface area contributed by atoms with Crippen LogP contribution in [0.4, 0.5) is 5.69 Å². The first-order valence-corrected chi connectivity index (χ1v) is 7.90. The number of nitrogens with zero attached hydrogens (tertiary/aromatic N) is 3. The van der Waals surface area contributed by atoms with Crippen molar-refractivity contribution in [1.29, 1.82) is 5.26 Å². The molecule has 1 aromatic carbocycles. The molecule has 1 aromatic heterocycles. The topological polar surface area (TPSA) is 39.9 Å². The number of anilines is 1. The molecule has 0 N–H and O–H groups in total. The molecule has 0 spiro atoms. The second kappa shape index (κ2) is 7.09. The molecule has 0 radical (unpaired) electrons. The van der Waals surface area contributed by atoms with Crippen LogP contribution in [0.1, 0.15) is 37.1 Å². The summed E-state index contributed by atoms with van der Waals surface area (Å²) in [6.45, 7) is 7.03. The number of aromatic nitrogens is 1. The molecule has 0 aliphatic carbocycles. The molecule has 0 bridgehead atoms. The summed E-state index contributed by atoms with van der Waals surface area (Å²) < 4.78 is 0. The quantitative estimate of drug-likeness (QED) is 0.785. The van der Waals surface area contributed by atoms with Crippen molar-refractivity contribution in [2.24, 2.45) is 0 Å². The van der Waals surface area contributed by atoms with E-state index in [4.69, 9.17) is 0 Å². The molecule has 0 atom stereocenters. The van der Waals surface area contributed by atoms with Gasteiger partial charge in [-0.05, 0) is 43.5 Å². The van der Waals surface area contributed by atoms with Gasteiger partial charge in [0.15, 0.2) is 0 Å². The van der Waals surface area contributed by atoms with Gasteiger partial charge in [0.2, 0.25) is 0 Å².